The number of carbonyl (C=O) groups excluding carboxylic acids is 1. The fraction of sp³-hybridized carbons (Fsp3) is 0.267. The third kappa shape index (κ3) is 3.68. The molecule has 2 aromatic rings. The first kappa shape index (κ1) is 14.8. The Bertz CT molecular complexity index is 671. The number of methoxy groups -OCH3 is 1. The van der Waals surface area contributed by atoms with Gasteiger partial charge in [0.15, 0.2) is 5.82 Å². The number of urea groups is 1. The molecule has 0 saturated carbocycles. The Kier molecular flexibility index (Phi) is 4.37. The third-order valence-corrected chi connectivity index (χ3v) is 2.91. The van der Waals surface area contributed by atoms with E-state index in [2.05, 4.69) is 20.6 Å². The van der Waals surface area contributed by atoms with E-state index in [1.165, 1.54) is 0 Å². The topological polar surface area (TPSA) is 76.1 Å². The second kappa shape index (κ2) is 6.21. The first-order valence-electron chi connectivity index (χ1n) is 6.52. The Morgan fingerprint density at radius 1 is 1.19 bits per heavy atom. The second-order valence-electron chi connectivity index (χ2n) is 4.73. The lowest BCUT2D eigenvalue weighted by Crippen LogP contribution is -2.21. The number of carbonyl (C=O) groups is 1. The van der Waals surface area contributed by atoms with Gasteiger partial charge in [-0.2, -0.15) is 0 Å². The van der Waals surface area contributed by atoms with Crippen molar-refractivity contribution in [3.05, 3.63) is 41.3 Å². The van der Waals surface area contributed by atoms with Crippen molar-refractivity contribution in [3.8, 4) is 5.75 Å². The molecule has 6 nitrogen and oxygen atoms in total. The predicted octanol–water partition coefficient (Wildman–Crippen LogP) is 3.05. The van der Waals surface area contributed by atoms with E-state index in [1.54, 1.807) is 20.2 Å². The lowest BCUT2D eigenvalue weighted by Gasteiger charge is -2.12. The van der Waals surface area contributed by atoms with Crippen LogP contribution in [0.2, 0.25) is 0 Å². The first-order chi connectivity index (χ1) is 9.99. The van der Waals surface area contributed by atoms with Gasteiger partial charge >= 0.3 is 6.03 Å². The molecule has 0 saturated heterocycles. The molecular formula is C15H18N4O2. The molecule has 110 valence electrons. The predicted molar refractivity (Wildman–Crippen MR) is 81.9 cm³/mol. The van der Waals surface area contributed by atoms with Crippen LogP contribution in [-0.4, -0.2) is 23.1 Å². The van der Waals surface area contributed by atoms with Gasteiger partial charge < -0.3 is 10.1 Å². The fourth-order valence-corrected chi connectivity index (χ4v) is 1.84. The molecule has 6 heteroatoms. The highest BCUT2D eigenvalue weighted by Gasteiger charge is 2.10. The van der Waals surface area contributed by atoms with Crippen molar-refractivity contribution >= 4 is 17.5 Å². The number of aryl methyl sites for hydroxylation is 3. The molecule has 1 aromatic carbocycles. The summed E-state index contributed by atoms with van der Waals surface area (Å²) >= 11 is 0. The number of hydrogen-bond donors (Lipinski definition) is 2. The Morgan fingerprint density at radius 2 is 1.95 bits per heavy atom. The molecule has 1 heterocycles. The zero-order valence-electron chi connectivity index (χ0n) is 12.5. The SMILES string of the molecule is COc1ccc(C)cc1NC(=O)Nc1nc(C)cnc1C. The van der Waals surface area contributed by atoms with Gasteiger partial charge in [-0.1, -0.05) is 6.07 Å². The van der Waals surface area contributed by atoms with E-state index >= 15 is 0 Å². The maximum atomic E-state index is 12.1. The minimum Gasteiger partial charge on any atom is -0.495 e. The van der Waals surface area contributed by atoms with Crippen LogP contribution in [0.3, 0.4) is 0 Å². The summed E-state index contributed by atoms with van der Waals surface area (Å²) in [5.41, 5.74) is 3.03. The number of rotatable bonds is 3. The van der Waals surface area contributed by atoms with Crippen molar-refractivity contribution in [2.24, 2.45) is 0 Å². The number of benzene rings is 1. The highest BCUT2D eigenvalue weighted by atomic mass is 16.5. The molecular weight excluding hydrogens is 268 g/mol. The molecule has 0 aliphatic carbocycles. The van der Waals surface area contributed by atoms with Crippen LogP contribution in [0.25, 0.3) is 0 Å². The van der Waals surface area contributed by atoms with Crippen LogP contribution < -0.4 is 15.4 Å². The van der Waals surface area contributed by atoms with Crippen molar-refractivity contribution in [2.75, 3.05) is 17.7 Å². The minimum absolute atomic E-state index is 0.387. The summed E-state index contributed by atoms with van der Waals surface area (Å²) in [6.07, 6.45) is 1.65. The zero-order valence-corrected chi connectivity index (χ0v) is 12.5. The van der Waals surface area contributed by atoms with Gasteiger partial charge in [0.05, 0.1) is 24.2 Å². The molecule has 0 atom stereocenters. The van der Waals surface area contributed by atoms with E-state index in [9.17, 15) is 4.79 Å². The van der Waals surface area contributed by atoms with Gasteiger partial charge in [0.25, 0.3) is 0 Å². The Balaban J connectivity index is 2.15. The molecule has 2 N–H and O–H groups in total. The highest BCUT2D eigenvalue weighted by Crippen LogP contribution is 2.25. The van der Waals surface area contributed by atoms with Crippen LogP contribution in [0.5, 0.6) is 5.75 Å². The Morgan fingerprint density at radius 3 is 2.67 bits per heavy atom. The van der Waals surface area contributed by atoms with Gasteiger partial charge in [-0.25, -0.2) is 9.78 Å². The molecule has 0 bridgehead atoms. The largest absolute Gasteiger partial charge is 0.495 e. The van der Waals surface area contributed by atoms with E-state index in [1.807, 2.05) is 32.0 Å². The molecule has 21 heavy (non-hydrogen) atoms. The molecule has 0 spiro atoms. The second-order valence-corrected chi connectivity index (χ2v) is 4.73. The summed E-state index contributed by atoms with van der Waals surface area (Å²) in [5.74, 6) is 1.04. The summed E-state index contributed by atoms with van der Waals surface area (Å²) in [6, 6.07) is 5.18. The van der Waals surface area contributed by atoms with E-state index in [0.717, 1.165) is 11.3 Å². The number of hydrogen-bond acceptors (Lipinski definition) is 4. The minimum atomic E-state index is -0.387. The van der Waals surface area contributed by atoms with E-state index in [0.29, 0.717) is 22.9 Å². The van der Waals surface area contributed by atoms with Crippen LogP contribution >= 0.6 is 0 Å². The lowest BCUT2D eigenvalue weighted by atomic mass is 10.2. The number of nitrogens with zero attached hydrogens (tertiary/aromatic N) is 2. The van der Waals surface area contributed by atoms with Crippen LogP contribution in [0.15, 0.2) is 24.4 Å². The van der Waals surface area contributed by atoms with Gasteiger partial charge in [-0.3, -0.25) is 10.3 Å². The number of amides is 2. The van der Waals surface area contributed by atoms with Crippen molar-refractivity contribution in [2.45, 2.75) is 20.8 Å². The normalized spacial score (nSPS) is 10.1. The van der Waals surface area contributed by atoms with E-state index in [4.69, 9.17) is 4.74 Å². The molecule has 0 radical (unpaired) electrons. The zero-order chi connectivity index (χ0) is 15.4. The quantitative estimate of drug-likeness (QED) is 0.909. The molecule has 2 rings (SSSR count). The van der Waals surface area contributed by atoms with Crippen LogP contribution in [0, 0.1) is 20.8 Å². The molecule has 0 aliphatic heterocycles. The van der Waals surface area contributed by atoms with Gasteiger partial charge in [0.2, 0.25) is 0 Å². The maximum Gasteiger partial charge on any atom is 0.325 e. The number of nitrogens with one attached hydrogen (secondary N) is 2. The van der Waals surface area contributed by atoms with Crippen LogP contribution in [0.4, 0.5) is 16.3 Å². The summed E-state index contributed by atoms with van der Waals surface area (Å²) in [5, 5.41) is 5.45. The standard InChI is InChI=1S/C15H18N4O2/c1-9-5-6-13(21-4)12(7-9)18-15(20)19-14-11(3)16-8-10(2)17-14/h5-8H,1-4H3,(H2,17,18,19,20). The van der Waals surface area contributed by atoms with Crippen LogP contribution in [0.1, 0.15) is 17.0 Å². The van der Waals surface area contributed by atoms with Gasteiger partial charge in [-0.15, -0.1) is 0 Å². The number of ether oxygens (including phenoxy) is 1. The molecule has 1 aromatic heterocycles. The van der Waals surface area contributed by atoms with Gasteiger partial charge in [-0.05, 0) is 38.5 Å². The van der Waals surface area contributed by atoms with Crippen molar-refractivity contribution in [1.29, 1.82) is 0 Å². The summed E-state index contributed by atoms with van der Waals surface area (Å²) in [4.78, 5) is 20.5. The molecule has 0 fully saturated rings. The first-order valence-corrected chi connectivity index (χ1v) is 6.52. The summed E-state index contributed by atoms with van der Waals surface area (Å²) < 4.78 is 5.22. The van der Waals surface area contributed by atoms with Gasteiger partial charge in [0.1, 0.15) is 5.75 Å². The average Bonchev–Trinajstić information content (AvgIpc) is 2.43. The number of aromatic nitrogens is 2. The van der Waals surface area contributed by atoms with Crippen molar-refractivity contribution in [1.82, 2.24) is 9.97 Å². The summed E-state index contributed by atoms with van der Waals surface area (Å²) in [7, 11) is 1.56. The lowest BCUT2D eigenvalue weighted by molar-refractivity contribution is 0.262. The van der Waals surface area contributed by atoms with Gasteiger partial charge in [0, 0.05) is 6.20 Å². The maximum absolute atomic E-state index is 12.1. The Hall–Kier alpha value is -2.63. The third-order valence-electron chi connectivity index (χ3n) is 2.91. The van der Waals surface area contributed by atoms with Crippen molar-refractivity contribution in [3.63, 3.8) is 0 Å². The average molecular weight is 286 g/mol. The monoisotopic (exact) mass is 286 g/mol. The van der Waals surface area contributed by atoms with E-state index < -0.39 is 0 Å². The Labute approximate surface area is 123 Å². The van der Waals surface area contributed by atoms with Crippen LogP contribution in [-0.2, 0) is 0 Å². The molecule has 0 aliphatic rings. The molecule has 2 amide bonds. The highest BCUT2D eigenvalue weighted by molar-refractivity contribution is 6.00. The smallest absolute Gasteiger partial charge is 0.325 e. The fourth-order valence-electron chi connectivity index (χ4n) is 1.84. The van der Waals surface area contributed by atoms with Crippen molar-refractivity contribution < 1.29 is 9.53 Å². The van der Waals surface area contributed by atoms with E-state index in [-0.39, 0.29) is 6.03 Å². The number of anilines is 2. The summed E-state index contributed by atoms with van der Waals surface area (Å²) in [6.45, 7) is 5.55. The molecule has 0 unspecified atom stereocenters.